The van der Waals surface area contributed by atoms with Crippen LogP contribution >= 0.6 is 11.3 Å². The zero-order valence-electron chi connectivity index (χ0n) is 13.1. The number of rotatable bonds is 3. The van der Waals surface area contributed by atoms with Crippen molar-refractivity contribution >= 4 is 27.9 Å². The zero-order chi connectivity index (χ0) is 16.0. The molecule has 1 atom stereocenters. The van der Waals surface area contributed by atoms with Crippen molar-refractivity contribution in [2.45, 2.75) is 32.9 Å². The van der Waals surface area contributed by atoms with Gasteiger partial charge in [0.05, 0.1) is 12.2 Å². The van der Waals surface area contributed by atoms with Gasteiger partial charge in [-0.3, -0.25) is 9.20 Å². The number of hydrogen-bond donors (Lipinski definition) is 2. The number of nitrogens with one attached hydrogen (secondary N) is 2. The molecule has 3 aromatic rings. The van der Waals surface area contributed by atoms with Crippen LogP contribution in [0, 0.1) is 13.8 Å². The highest BCUT2D eigenvalue weighted by Gasteiger charge is 2.26. The lowest BCUT2D eigenvalue weighted by atomic mass is 10.1. The van der Waals surface area contributed by atoms with Crippen LogP contribution in [0.4, 0.5) is 5.69 Å². The van der Waals surface area contributed by atoms with Crippen LogP contribution in [0.3, 0.4) is 0 Å². The van der Waals surface area contributed by atoms with Crippen molar-refractivity contribution < 1.29 is 4.79 Å². The Hall–Kier alpha value is -2.34. The van der Waals surface area contributed by atoms with Crippen LogP contribution in [-0.4, -0.2) is 21.3 Å². The number of amides is 1. The quantitative estimate of drug-likeness (QED) is 0.778. The molecule has 5 nitrogen and oxygen atoms in total. The fourth-order valence-electron chi connectivity index (χ4n) is 2.98. The molecule has 6 heteroatoms. The molecular formula is C17H18N4OS. The Labute approximate surface area is 138 Å². The molecule has 0 aliphatic carbocycles. The average Bonchev–Trinajstić information content (AvgIpc) is 3.20. The molecule has 1 amide bonds. The Morgan fingerprint density at radius 3 is 3.17 bits per heavy atom. The second kappa shape index (κ2) is 5.38. The minimum atomic E-state index is -0.197. The number of carbonyl (C=O) groups is 1. The Morgan fingerprint density at radius 2 is 2.35 bits per heavy atom. The number of benzene rings is 1. The van der Waals surface area contributed by atoms with Gasteiger partial charge in [0.1, 0.15) is 6.04 Å². The lowest BCUT2D eigenvalue weighted by Crippen LogP contribution is -2.38. The molecule has 4 rings (SSSR count). The van der Waals surface area contributed by atoms with Crippen LogP contribution in [0.1, 0.15) is 22.5 Å². The summed E-state index contributed by atoms with van der Waals surface area (Å²) in [5, 5.41) is 8.36. The van der Waals surface area contributed by atoms with Crippen molar-refractivity contribution in [1.29, 1.82) is 0 Å². The summed E-state index contributed by atoms with van der Waals surface area (Å²) in [5.41, 5.74) is 5.55. The molecule has 0 saturated carbocycles. The number of hydrogen-bond acceptors (Lipinski definition) is 4. The molecule has 1 aromatic carbocycles. The van der Waals surface area contributed by atoms with Crippen LogP contribution < -0.4 is 10.6 Å². The van der Waals surface area contributed by atoms with Crippen LogP contribution in [0.25, 0.3) is 4.96 Å². The van der Waals surface area contributed by atoms with Gasteiger partial charge in [-0.15, -0.1) is 11.3 Å². The van der Waals surface area contributed by atoms with E-state index in [9.17, 15) is 4.79 Å². The molecule has 118 valence electrons. The summed E-state index contributed by atoms with van der Waals surface area (Å²) in [6.45, 7) is 4.58. The summed E-state index contributed by atoms with van der Waals surface area (Å²) >= 11 is 1.61. The Morgan fingerprint density at radius 1 is 1.48 bits per heavy atom. The van der Waals surface area contributed by atoms with Crippen molar-refractivity contribution in [3.05, 3.63) is 52.3 Å². The Balaban J connectivity index is 1.41. The number of fused-ring (bicyclic) bond motifs is 2. The summed E-state index contributed by atoms with van der Waals surface area (Å²) < 4.78 is 2.05. The first-order chi connectivity index (χ1) is 11.1. The predicted molar refractivity (Wildman–Crippen MR) is 91.9 cm³/mol. The standard InChI is InChI=1S/C17H18N4OS/c1-10-3-4-14-12(5-10)6-15(20-14)16(22)18-7-13-8-21-11(2)9-23-17(21)19-13/h3-5,8-9,15,20H,6-7H2,1-2H3,(H,18,22)/t15-/m0/s1. The van der Waals surface area contributed by atoms with Crippen LogP contribution in [0.15, 0.2) is 29.8 Å². The van der Waals surface area contributed by atoms with Crippen molar-refractivity contribution in [2.24, 2.45) is 0 Å². The molecule has 0 fully saturated rings. The first kappa shape index (κ1) is 14.3. The van der Waals surface area contributed by atoms with E-state index in [1.807, 2.05) is 12.3 Å². The van der Waals surface area contributed by atoms with Gasteiger partial charge in [0.15, 0.2) is 4.96 Å². The number of anilines is 1. The first-order valence-electron chi connectivity index (χ1n) is 7.66. The summed E-state index contributed by atoms with van der Waals surface area (Å²) in [4.78, 5) is 17.9. The topological polar surface area (TPSA) is 58.4 Å². The molecule has 1 aliphatic rings. The van der Waals surface area contributed by atoms with Gasteiger partial charge in [0.25, 0.3) is 0 Å². The zero-order valence-corrected chi connectivity index (χ0v) is 13.9. The molecule has 0 unspecified atom stereocenters. The summed E-state index contributed by atoms with van der Waals surface area (Å²) in [6.07, 6.45) is 2.72. The maximum Gasteiger partial charge on any atom is 0.243 e. The lowest BCUT2D eigenvalue weighted by molar-refractivity contribution is -0.121. The number of imidazole rings is 1. The van der Waals surface area contributed by atoms with Crippen molar-refractivity contribution in [1.82, 2.24) is 14.7 Å². The number of nitrogens with zero attached hydrogens (tertiary/aromatic N) is 2. The van der Waals surface area contributed by atoms with E-state index in [1.54, 1.807) is 11.3 Å². The molecule has 0 spiro atoms. The van der Waals surface area contributed by atoms with E-state index in [-0.39, 0.29) is 11.9 Å². The van der Waals surface area contributed by atoms with Gasteiger partial charge in [-0.25, -0.2) is 4.98 Å². The van der Waals surface area contributed by atoms with E-state index in [0.717, 1.165) is 22.8 Å². The molecule has 2 N–H and O–H groups in total. The average molecular weight is 326 g/mol. The van der Waals surface area contributed by atoms with Crippen LogP contribution in [-0.2, 0) is 17.8 Å². The number of aromatic nitrogens is 2. The highest BCUT2D eigenvalue weighted by atomic mass is 32.1. The second-order valence-corrected chi connectivity index (χ2v) is 6.88. The monoisotopic (exact) mass is 326 g/mol. The van der Waals surface area contributed by atoms with Gasteiger partial charge in [0.2, 0.25) is 5.91 Å². The molecular weight excluding hydrogens is 308 g/mol. The van der Waals surface area contributed by atoms with E-state index in [4.69, 9.17) is 0 Å². The third-order valence-electron chi connectivity index (χ3n) is 4.21. The Kier molecular flexibility index (Phi) is 3.34. The molecule has 0 bridgehead atoms. The number of aryl methyl sites for hydroxylation is 2. The highest BCUT2D eigenvalue weighted by molar-refractivity contribution is 7.15. The third-order valence-corrected chi connectivity index (χ3v) is 5.17. The van der Waals surface area contributed by atoms with E-state index >= 15 is 0 Å². The SMILES string of the molecule is Cc1ccc2c(c1)C[C@@H](C(=O)NCc1cn3c(C)csc3n1)N2. The van der Waals surface area contributed by atoms with E-state index < -0.39 is 0 Å². The van der Waals surface area contributed by atoms with Gasteiger partial charge in [-0.05, 0) is 25.5 Å². The number of thiazole rings is 1. The van der Waals surface area contributed by atoms with Gasteiger partial charge in [-0.2, -0.15) is 0 Å². The fourth-order valence-corrected chi connectivity index (χ4v) is 3.85. The molecule has 0 saturated heterocycles. The second-order valence-electron chi connectivity index (χ2n) is 6.04. The smallest absolute Gasteiger partial charge is 0.243 e. The van der Waals surface area contributed by atoms with Gasteiger partial charge < -0.3 is 10.6 Å². The van der Waals surface area contributed by atoms with Gasteiger partial charge in [-0.1, -0.05) is 17.7 Å². The van der Waals surface area contributed by atoms with Crippen LogP contribution in [0.2, 0.25) is 0 Å². The normalized spacial score (nSPS) is 16.3. The lowest BCUT2D eigenvalue weighted by Gasteiger charge is -2.11. The van der Waals surface area contributed by atoms with Gasteiger partial charge in [0, 0.05) is 29.4 Å². The number of carbonyl (C=O) groups excluding carboxylic acids is 1. The molecule has 3 heterocycles. The largest absolute Gasteiger partial charge is 0.373 e. The molecule has 23 heavy (non-hydrogen) atoms. The summed E-state index contributed by atoms with van der Waals surface area (Å²) in [6, 6.07) is 6.05. The van der Waals surface area contributed by atoms with E-state index in [0.29, 0.717) is 6.54 Å². The molecule has 2 aromatic heterocycles. The first-order valence-corrected chi connectivity index (χ1v) is 8.54. The molecule has 1 aliphatic heterocycles. The Bertz CT molecular complexity index is 895. The summed E-state index contributed by atoms with van der Waals surface area (Å²) in [7, 11) is 0. The van der Waals surface area contributed by atoms with Gasteiger partial charge >= 0.3 is 0 Å². The van der Waals surface area contributed by atoms with Crippen molar-refractivity contribution in [3.8, 4) is 0 Å². The molecule has 0 radical (unpaired) electrons. The highest BCUT2D eigenvalue weighted by Crippen LogP contribution is 2.26. The van der Waals surface area contributed by atoms with Crippen molar-refractivity contribution in [3.63, 3.8) is 0 Å². The fraction of sp³-hybridized carbons (Fsp3) is 0.294. The maximum absolute atomic E-state index is 12.4. The van der Waals surface area contributed by atoms with E-state index in [2.05, 4.69) is 51.4 Å². The third kappa shape index (κ3) is 2.59. The van der Waals surface area contributed by atoms with Crippen molar-refractivity contribution in [2.75, 3.05) is 5.32 Å². The van der Waals surface area contributed by atoms with E-state index in [1.165, 1.54) is 16.8 Å². The maximum atomic E-state index is 12.4. The minimum absolute atomic E-state index is 0.0203. The summed E-state index contributed by atoms with van der Waals surface area (Å²) in [5.74, 6) is 0.0203. The van der Waals surface area contributed by atoms with Crippen LogP contribution in [0.5, 0.6) is 0 Å². The predicted octanol–water partition coefficient (Wildman–Crippen LogP) is 2.67. The minimum Gasteiger partial charge on any atom is -0.373 e.